The number of benzene rings is 1. The van der Waals surface area contributed by atoms with Gasteiger partial charge in [0, 0.05) is 62.4 Å². The van der Waals surface area contributed by atoms with E-state index in [4.69, 9.17) is 4.74 Å². The highest BCUT2D eigenvalue weighted by atomic mass is 16.5. The lowest BCUT2D eigenvalue weighted by Crippen LogP contribution is -2.52. The van der Waals surface area contributed by atoms with Crippen molar-refractivity contribution in [2.24, 2.45) is 0 Å². The number of anilines is 1. The molecule has 1 N–H and O–H groups in total. The number of hydrogen-bond donors (Lipinski definition) is 1. The Hall–Kier alpha value is -2.14. The van der Waals surface area contributed by atoms with Crippen LogP contribution >= 0.6 is 0 Å². The third kappa shape index (κ3) is 3.40. The van der Waals surface area contributed by atoms with E-state index in [1.807, 2.05) is 18.5 Å². The quantitative estimate of drug-likeness (QED) is 0.909. The Morgan fingerprint density at radius 3 is 2.65 bits per heavy atom. The molecule has 5 nitrogen and oxygen atoms in total. The van der Waals surface area contributed by atoms with E-state index in [-0.39, 0.29) is 5.60 Å². The molecule has 1 fully saturated rings. The summed E-state index contributed by atoms with van der Waals surface area (Å²) in [6, 6.07) is 11.2. The molecule has 1 aromatic heterocycles. The van der Waals surface area contributed by atoms with Crippen LogP contribution in [0.2, 0.25) is 0 Å². The van der Waals surface area contributed by atoms with Crippen LogP contribution in [0.4, 0.5) is 5.95 Å². The fourth-order valence-electron chi connectivity index (χ4n) is 4.10. The lowest BCUT2D eigenvalue weighted by molar-refractivity contribution is 0.00674. The van der Waals surface area contributed by atoms with Gasteiger partial charge in [-0.3, -0.25) is 0 Å². The van der Waals surface area contributed by atoms with Crippen LogP contribution in [-0.4, -0.2) is 34.7 Å². The summed E-state index contributed by atoms with van der Waals surface area (Å²) in [6.45, 7) is 6.36. The Kier molecular flexibility index (Phi) is 4.81. The fourth-order valence-corrected chi connectivity index (χ4v) is 4.10. The number of para-hydroxylation sites is 1. The minimum atomic E-state index is -0.0925. The minimum absolute atomic E-state index is 0.0925. The number of ether oxygens (including phenoxy) is 1. The molecule has 2 aliphatic heterocycles. The normalized spacial score (nSPS) is 22.5. The highest BCUT2D eigenvalue weighted by Gasteiger charge is 2.43. The molecule has 2 aromatic rings. The summed E-state index contributed by atoms with van der Waals surface area (Å²) in [7, 11) is 0. The SMILES string of the molecule is CC[C@@H](C)N[C@H]1CC2(CCN(c3ncccn3)CC2)Oc2ccccc21. The summed E-state index contributed by atoms with van der Waals surface area (Å²) >= 11 is 0. The number of piperidine rings is 1. The molecule has 3 heterocycles. The van der Waals surface area contributed by atoms with Crippen molar-refractivity contribution in [2.75, 3.05) is 18.0 Å². The molecule has 0 amide bonds. The van der Waals surface area contributed by atoms with Gasteiger partial charge in [-0.15, -0.1) is 0 Å². The number of hydrogen-bond acceptors (Lipinski definition) is 5. The maximum atomic E-state index is 6.58. The van der Waals surface area contributed by atoms with E-state index in [1.54, 1.807) is 0 Å². The third-order valence-electron chi connectivity index (χ3n) is 5.80. The van der Waals surface area contributed by atoms with Gasteiger partial charge in [-0.05, 0) is 25.5 Å². The molecule has 0 saturated carbocycles. The molecule has 2 atom stereocenters. The van der Waals surface area contributed by atoms with Crippen LogP contribution in [0.1, 0.15) is 51.1 Å². The lowest BCUT2D eigenvalue weighted by Gasteiger charge is -2.47. The van der Waals surface area contributed by atoms with Crippen molar-refractivity contribution in [1.29, 1.82) is 0 Å². The van der Waals surface area contributed by atoms with E-state index in [9.17, 15) is 0 Å². The molecule has 0 aliphatic carbocycles. The first-order valence-electron chi connectivity index (χ1n) is 9.75. The minimum Gasteiger partial charge on any atom is -0.487 e. The van der Waals surface area contributed by atoms with Crippen LogP contribution < -0.4 is 15.0 Å². The van der Waals surface area contributed by atoms with Crippen LogP contribution in [0.5, 0.6) is 5.75 Å². The summed E-state index contributed by atoms with van der Waals surface area (Å²) in [5.41, 5.74) is 1.21. The molecule has 1 aromatic carbocycles. The zero-order valence-corrected chi connectivity index (χ0v) is 15.7. The number of aromatic nitrogens is 2. The second-order valence-electron chi connectivity index (χ2n) is 7.59. The average Bonchev–Trinajstić information content (AvgIpc) is 2.69. The van der Waals surface area contributed by atoms with Crippen molar-refractivity contribution in [3.05, 3.63) is 48.3 Å². The molecule has 0 unspecified atom stereocenters. The molecular formula is C21H28N4O. The van der Waals surface area contributed by atoms with Gasteiger partial charge in [0.15, 0.2) is 0 Å². The van der Waals surface area contributed by atoms with E-state index in [2.05, 4.69) is 58.3 Å². The monoisotopic (exact) mass is 352 g/mol. The van der Waals surface area contributed by atoms with E-state index in [0.29, 0.717) is 12.1 Å². The van der Waals surface area contributed by atoms with Gasteiger partial charge in [0.1, 0.15) is 11.4 Å². The summed E-state index contributed by atoms with van der Waals surface area (Å²) in [5.74, 6) is 1.87. The Morgan fingerprint density at radius 1 is 1.19 bits per heavy atom. The highest BCUT2D eigenvalue weighted by molar-refractivity contribution is 5.40. The maximum Gasteiger partial charge on any atom is 0.225 e. The molecule has 1 saturated heterocycles. The summed E-state index contributed by atoms with van der Waals surface area (Å²) in [4.78, 5) is 11.1. The van der Waals surface area contributed by atoms with Crippen molar-refractivity contribution < 1.29 is 4.74 Å². The smallest absolute Gasteiger partial charge is 0.225 e. The first-order chi connectivity index (χ1) is 12.7. The van der Waals surface area contributed by atoms with E-state index < -0.39 is 0 Å². The summed E-state index contributed by atoms with van der Waals surface area (Å²) in [5, 5.41) is 3.82. The topological polar surface area (TPSA) is 50.3 Å². The fraction of sp³-hybridized carbons (Fsp3) is 0.524. The molecule has 26 heavy (non-hydrogen) atoms. The van der Waals surface area contributed by atoms with Crippen molar-refractivity contribution in [3.8, 4) is 5.75 Å². The zero-order chi connectivity index (χ0) is 18.0. The summed E-state index contributed by atoms with van der Waals surface area (Å²) < 4.78 is 6.58. The van der Waals surface area contributed by atoms with E-state index >= 15 is 0 Å². The Balaban J connectivity index is 1.53. The molecule has 0 bridgehead atoms. The van der Waals surface area contributed by atoms with Crippen molar-refractivity contribution in [1.82, 2.24) is 15.3 Å². The van der Waals surface area contributed by atoms with E-state index in [1.165, 1.54) is 5.56 Å². The zero-order valence-electron chi connectivity index (χ0n) is 15.7. The standard InChI is InChI=1S/C21H28N4O/c1-3-16(2)24-18-15-21(26-19-8-5-4-7-17(18)19)9-13-25(14-10-21)20-22-11-6-12-23-20/h4-8,11-12,16,18,24H,3,9-10,13-15H2,1-2H3/t16-,18+/m1/s1. The van der Waals surface area contributed by atoms with Gasteiger partial charge in [0.25, 0.3) is 0 Å². The van der Waals surface area contributed by atoms with Gasteiger partial charge in [0.2, 0.25) is 5.95 Å². The first-order valence-corrected chi connectivity index (χ1v) is 9.75. The van der Waals surface area contributed by atoms with Gasteiger partial charge in [-0.25, -0.2) is 9.97 Å². The van der Waals surface area contributed by atoms with Crippen LogP contribution in [0, 0.1) is 0 Å². The molecule has 4 rings (SSSR count). The van der Waals surface area contributed by atoms with Crippen LogP contribution in [0.25, 0.3) is 0 Å². The number of rotatable bonds is 4. The second-order valence-corrected chi connectivity index (χ2v) is 7.59. The van der Waals surface area contributed by atoms with Gasteiger partial charge in [-0.1, -0.05) is 25.1 Å². The largest absolute Gasteiger partial charge is 0.487 e. The average molecular weight is 352 g/mol. The molecule has 0 radical (unpaired) electrons. The van der Waals surface area contributed by atoms with Gasteiger partial charge >= 0.3 is 0 Å². The summed E-state index contributed by atoms with van der Waals surface area (Å²) in [6.07, 6.45) is 7.78. The number of nitrogens with one attached hydrogen (secondary N) is 1. The molecule has 5 heteroatoms. The van der Waals surface area contributed by atoms with Crippen molar-refractivity contribution in [3.63, 3.8) is 0 Å². The third-order valence-corrected chi connectivity index (χ3v) is 5.80. The van der Waals surface area contributed by atoms with Crippen LogP contribution in [0.15, 0.2) is 42.7 Å². The Bertz CT molecular complexity index is 728. The molecule has 138 valence electrons. The maximum absolute atomic E-state index is 6.58. The molecular weight excluding hydrogens is 324 g/mol. The van der Waals surface area contributed by atoms with Crippen molar-refractivity contribution in [2.45, 2.75) is 57.2 Å². The Labute approximate surface area is 155 Å². The molecule has 2 aliphatic rings. The lowest BCUT2D eigenvalue weighted by atomic mass is 9.80. The number of fused-ring (bicyclic) bond motifs is 1. The molecule has 1 spiro atoms. The van der Waals surface area contributed by atoms with Crippen LogP contribution in [-0.2, 0) is 0 Å². The van der Waals surface area contributed by atoms with Gasteiger partial charge in [0.05, 0.1) is 0 Å². The van der Waals surface area contributed by atoms with E-state index in [0.717, 1.165) is 50.5 Å². The van der Waals surface area contributed by atoms with Gasteiger partial charge < -0.3 is 15.0 Å². The van der Waals surface area contributed by atoms with Crippen LogP contribution in [0.3, 0.4) is 0 Å². The van der Waals surface area contributed by atoms with Crippen molar-refractivity contribution >= 4 is 5.95 Å². The Morgan fingerprint density at radius 2 is 1.92 bits per heavy atom. The number of nitrogens with zero attached hydrogens (tertiary/aromatic N) is 3. The highest BCUT2D eigenvalue weighted by Crippen LogP contribution is 2.44. The first kappa shape index (κ1) is 17.3. The van der Waals surface area contributed by atoms with Gasteiger partial charge in [-0.2, -0.15) is 0 Å². The second kappa shape index (κ2) is 7.23. The predicted molar refractivity (Wildman–Crippen MR) is 104 cm³/mol. The predicted octanol–water partition coefficient (Wildman–Crippen LogP) is 3.73.